The molecular weight excluding hydrogens is 397 g/mol. The van der Waals surface area contributed by atoms with E-state index in [0.717, 1.165) is 18.8 Å². The van der Waals surface area contributed by atoms with Gasteiger partial charge in [0.2, 0.25) is 0 Å². The summed E-state index contributed by atoms with van der Waals surface area (Å²) in [4.78, 5) is 21.2. The van der Waals surface area contributed by atoms with E-state index in [2.05, 4.69) is 22.9 Å². The molecular formula is C21H22Cl2N3O2. The van der Waals surface area contributed by atoms with Gasteiger partial charge in [0.05, 0.1) is 22.2 Å². The van der Waals surface area contributed by atoms with Gasteiger partial charge in [0, 0.05) is 25.8 Å². The Balaban J connectivity index is 1.71. The van der Waals surface area contributed by atoms with Gasteiger partial charge in [-0.1, -0.05) is 35.3 Å². The number of hydrogen-bond acceptors (Lipinski definition) is 4. The maximum atomic E-state index is 13.2. The highest BCUT2D eigenvalue weighted by Gasteiger charge is 2.23. The summed E-state index contributed by atoms with van der Waals surface area (Å²) >= 11 is 12.5. The van der Waals surface area contributed by atoms with Crippen molar-refractivity contribution in [3.8, 4) is 0 Å². The first-order valence-corrected chi connectivity index (χ1v) is 9.91. The van der Waals surface area contributed by atoms with Gasteiger partial charge in [0.1, 0.15) is 5.82 Å². The van der Waals surface area contributed by atoms with Crippen LogP contribution in [0, 0.1) is 6.92 Å². The molecule has 0 atom stereocenters. The van der Waals surface area contributed by atoms with E-state index in [0.29, 0.717) is 42.0 Å². The van der Waals surface area contributed by atoms with Crippen molar-refractivity contribution in [3.63, 3.8) is 0 Å². The maximum absolute atomic E-state index is 13.2. The van der Waals surface area contributed by atoms with Gasteiger partial charge in [0.15, 0.2) is 5.88 Å². The SMILES string of the molecule is [CH2]CN1CCC=C1OCCCN(C(=O)c1c(Cl)cccc1Cl)c1ccccn1. The van der Waals surface area contributed by atoms with Crippen LogP contribution in [0.3, 0.4) is 0 Å². The van der Waals surface area contributed by atoms with Crippen molar-refractivity contribution >= 4 is 34.9 Å². The minimum atomic E-state index is -0.284. The van der Waals surface area contributed by atoms with Gasteiger partial charge in [-0.3, -0.25) is 9.69 Å². The van der Waals surface area contributed by atoms with Gasteiger partial charge >= 0.3 is 0 Å². The van der Waals surface area contributed by atoms with Crippen LogP contribution in [0.5, 0.6) is 0 Å². The van der Waals surface area contributed by atoms with E-state index in [1.807, 2.05) is 6.07 Å². The van der Waals surface area contributed by atoms with Crippen LogP contribution in [0.25, 0.3) is 0 Å². The third kappa shape index (κ3) is 4.78. The van der Waals surface area contributed by atoms with Crippen molar-refractivity contribution in [1.82, 2.24) is 9.88 Å². The molecule has 3 rings (SSSR count). The topological polar surface area (TPSA) is 45.7 Å². The van der Waals surface area contributed by atoms with Gasteiger partial charge in [-0.2, -0.15) is 0 Å². The predicted octanol–water partition coefficient (Wildman–Crippen LogP) is 4.82. The molecule has 0 saturated heterocycles. The third-order valence-corrected chi connectivity index (χ3v) is 5.05. The second-order valence-electron chi connectivity index (χ2n) is 6.26. The van der Waals surface area contributed by atoms with Crippen LogP contribution < -0.4 is 4.90 Å². The number of ether oxygens (including phenoxy) is 1. The highest BCUT2D eigenvalue weighted by atomic mass is 35.5. The lowest BCUT2D eigenvalue weighted by Gasteiger charge is -2.24. The van der Waals surface area contributed by atoms with Crippen molar-refractivity contribution in [2.45, 2.75) is 12.8 Å². The maximum Gasteiger partial charge on any atom is 0.262 e. The van der Waals surface area contributed by atoms with E-state index >= 15 is 0 Å². The molecule has 0 unspecified atom stereocenters. The van der Waals surface area contributed by atoms with Crippen LogP contribution in [0.15, 0.2) is 54.6 Å². The molecule has 1 aliphatic heterocycles. The summed E-state index contributed by atoms with van der Waals surface area (Å²) in [6, 6.07) is 10.4. The number of amides is 1. The quantitative estimate of drug-likeness (QED) is 0.576. The van der Waals surface area contributed by atoms with E-state index in [-0.39, 0.29) is 11.5 Å². The highest BCUT2D eigenvalue weighted by molar-refractivity contribution is 6.40. The summed E-state index contributed by atoms with van der Waals surface area (Å²) < 4.78 is 5.86. The Hall–Kier alpha value is -2.24. The Morgan fingerprint density at radius 3 is 2.68 bits per heavy atom. The number of rotatable bonds is 8. The smallest absolute Gasteiger partial charge is 0.262 e. The summed E-state index contributed by atoms with van der Waals surface area (Å²) in [5.74, 6) is 1.12. The Labute approximate surface area is 175 Å². The first kappa shape index (κ1) is 20.5. The van der Waals surface area contributed by atoms with Crippen molar-refractivity contribution < 1.29 is 9.53 Å². The van der Waals surface area contributed by atoms with Gasteiger partial charge in [-0.05, 0) is 50.1 Å². The number of pyridine rings is 1. The predicted molar refractivity (Wildman–Crippen MR) is 113 cm³/mol. The molecule has 1 aromatic heterocycles. The number of nitrogens with zero attached hydrogens (tertiary/aromatic N) is 3. The van der Waals surface area contributed by atoms with Crippen LogP contribution in [0.1, 0.15) is 23.2 Å². The number of benzene rings is 1. The van der Waals surface area contributed by atoms with Crippen molar-refractivity contribution in [3.05, 3.63) is 77.1 Å². The molecule has 0 bridgehead atoms. The third-order valence-electron chi connectivity index (χ3n) is 4.42. The first-order valence-electron chi connectivity index (χ1n) is 9.16. The van der Waals surface area contributed by atoms with Crippen molar-refractivity contribution in [2.24, 2.45) is 0 Å². The zero-order chi connectivity index (χ0) is 19.9. The Morgan fingerprint density at radius 1 is 1.21 bits per heavy atom. The zero-order valence-corrected chi connectivity index (χ0v) is 17.0. The number of aromatic nitrogens is 1. The molecule has 5 nitrogen and oxygen atoms in total. The molecule has 0 N–H and O–H groups in total. The zero-order valence-electron chi connectivity index (χ0n) is 15.5. The summed E-state index contributed by atoms with van der Waals surface area (Å²) in [6.07, 6.45) is 5.31. The largest absolute Gasteiger partial charge is 0.479 e. The van der Waals surface area contributed by atoms with Crippen LogP contribution in [-0.2, 0) is 4.74 Å². The Morgan fingerprint density at radius 2 is 2.00 bits per heavy atom. The number of anilines is 1. The van der Waals surface area contributed by atoms with Crippen molar-refractivity contribution in [1.29, 1.82) is 0 Å². The lowest BCUT2D eigenvalue weighted by molar-refractivity contribution is 0.0979. The molecule has 0 fully saturated rings. The van der Waals surface area contributed by atoms with E-state index < -0.39 is 0 Å². The lowest BCUT2D eigenvalue weighted by atomic mass is 10.2. The molecule has 1 radical (unpaired) electrons. The molecule has 0 saturated carbocycles. The van der Waals surface area contributed by atoms with E-state index in [1.54, 1.807) is 41.4 Å². The second-order valence-corrected chi connectivity index (χ2v) is 7.08. The standard InChI is InChI=1S/C21H22Cl2N3O2/c1-2-25-13-6-11-19(25)28-15-7-14-26(18-10-3-4-12-24-18)21(27)20-16(22)8-5-9-17(20)23/h3-5,8-12H,1-2,6-7,13-15H2. The second kappa shape index (κ2) is 9.80. The minimum absolute atomic E-state index is 0.277. The molecule has 7 heteroatoms. The number of hydrogen-bond donors (Lipinski definition) is 0. The summed E-state index contributed by atoms with van der Waals surface area (Å²) in [6.45, 7) is 6.42. The van der Waals surface area contributed by atoms with Crippen LogP contribution in [-0.4, -0.2) is 42.0 Å². The van der Waals surface area contributed by atoms with E-state index in [9.17, 15) is 4.79 Å². The van der Waals surface area contributed by atoms with Crippen LogP contribution in [0.2, 0.25) is 10.0 Å². The molecule has 0 spiro atoms. The molecule has 0 aliphatic carbocycles. The van der Waals surface area contributed by atoms with E-state index in [1.165, 1.54) is 0 Å². The molecule has 28 heavy (non-hydrogen) atoms. The molecule has 147 valence electrons. The highest BCUT2D eigenvalue weighted by Crippen LogP contribution is 2.27. The molecule has 1 aromatic carbocycles. The van der Waals surface area contributed by atoms with Crippen LogP contribution >= 0.6 is 23.2 Å². The fraction of sp³-hybridized carbons (Fsp3) is 0.286. The van der Waals surface area contributed by atoms with Crippen LogP contribution in [0.4, 0.5) is 5.82 Å². The number of halogens is 2. The van der Waals surface area contributed by atoms with Gasteiger partial charge in [-0.15, -0.1) is 0 Å². The van der Waals surface area contributed by atoms with Gasteiger partial charge in [0.25, 0.3) is 5.91 Å². The summed E-state index contributed by atoms with van der Waals surface area (Å²) in [5, 5.41) is 0.633. The number of carbonyl (C=O) groups excluding carboxylic acids is 1. The molecule has 2 heterocycles. The molecule has 1 aliphatic rings. The minimum Gasteiger partial charge on any atom is -0.479 e. The van der Waals surface area contributed by atoms with E-state index in [4.69, 9.17) is 27.9 Å². The molecule has 2 aromatic rings. The average molecular weight is 419 g/mol. The molecule has 1 amide bonds. The van der Waals surface area contributed by atoms with Gasteiger partial charge in [-0.25, -0.2) is 4.98 Å². The fourth-order valence-corrected chi connectivity index (χ4v) is 3.58. The monoisotopic (exact) mass is 418 g/mol. The van der Waals surface area contributed by atoms with Gasteiger partial charge < -0.3 is 9.64 Å². The summed E-state index contributed by atoms with van der Waals surface area (Å²) in [7, 11) is 0. The lowest BCUT2D eigenvalue weighted by Crippen LogP contribution is -2.33. The Kier molecular flexibility index (Phi) is 7.18. The summed E-state index contributed by atoms with van der Waals surface area (Å²) in [5.41, 5.74) is 0.277. The first-order chi connectivity index (χ1) is 13.6. The number of carbonyl (C=O) groups is 1. The normalized spacial score (nSPS) is 13.4. The fourth-order valence-electron chi connectivity index (χ4n) is 3.03. The van der Waals surface area contributed by atoms with Crippen molar-refractivity contribution in [2.75, 3.05) is 31.1 Å². The average Bonchev–Trinajstić information content (AvgIpc) is 3.16. The Bertz CT molecular complexity index is 823.